The molecule has 5 heteroatoms. The van der Waals surface area contributed by atoms with Gasteiger partial charge in [0.25, 0.3) is 0 Å². The van der Waals surface area contributed by atoms with E-state index in [0.717, 1.165) is 10.7 Å². The first kappa shape index (κ1) is 10.1. The minimum atomic E-state index is -0.145. The molecule has 0 fully saturated rings. The second kappa shape index (κ2) is 4.94. The average Bonchev–Trinajstić information content (AvgIpc) is 2.52. The molecule has 0 bridgehead atoms. The zero-order valence-corrected chi connectivity index (χ0v) is 8.19. The van der Waals surface area contributed by atoms with Crippen LogP contribution in [0.15, 0.2) is 21.6 Å². The Morgan fingerprint density at radius 3 is 3.08 bits per heavy atom. The van der Waals surface area contributed by atoms with Crippen molar-refractivity contribution in [1.29, 1.82) is 0 Å². The van der Waals surface area contributed by atoms with E-state index in [4.69, 9.17) is 10.3 Å². The van der Waals surface area contributed by atoms with Gasteiger partial charge in [-0.05, 0) is 13.0 Å². The molecule has 1 amide bonds. The minimum Gasteiger partial charge on any atom is -0.468 e. The summed E-state index contributed by atoms with van der Waals surface area (Å²) in [5, 5.41) is 0. The lowest BCUT2D eigenvalue weighted by atomic mass is 10.5. The fourth-order valence-corrected chi connectivity index (χ4v) is 1.76. The molecule has 0 saturated carbocycles. The zero-order valence-electron chi connectivity index (χ0n) is 7.37. The number of thioether (sulfide) groups is 1. The van der Waals surface area contributed by atoms with Crippen molar-refractivity contribution in [2.45, 2.75) is 18.2 Å². The van der Waals surface area contributed by atoms with Crippen LogP contribution >= 0.6 is 11.8 Å². The number of hydrogen-bond acceptors (Lipinski definition) is 4. The molecule has 0 unspecified atom stereocenters. The van der Waals surface area contributed by atoms with Crippen LogP contribution in [0.3, 0.4) is 0 Å². The van der Waals surface area contributed by atoms with E-state index in [1.165, 1.54) is 0 Å². The van der Waals surface area contributed by atoms with Crippen molar-refractivity contribution in [2.24, 2.45) is 5.84 Å². The normalized spacial score (nSPS) is 10.0. The van der Waals surface area contributed by atoms with Crippen molar-refractivity contribution >= 4 is 17.7 Å². The summed E-state index contributed by atoms with van der Waals surface area (Å²) in [5.74, 6) is 6.39. The Morgan fingerprint density at radius 1 is 1.77 bits per heavy atom. The van der Waals surface area contributed by atoms with Crippen LogP contribution in [0.4, 0.5) is 0 Å². The summed E-state index contributed by atoms with van der Waals surface area (Å²) in [7, 11) is 0. The van der Waals surface area contributed by atoms with Gasteiger partial charge in [-0.25, -0.2) is 5.84 Å². The van der Waals surface area contributed by atoms with Gasteiger partial charge in [0.1, 0.15) is 5.76 Å². The summed E-state index contributed by atoms with van der Waals surface area (Å²) < 4.78 is 5.10. The molecule has 0 spiro atoms. The number of carbonyl (C=O) groups is 1. The molecule has 0 aliphatic rings. The summed E-state index contributed by atoms with van der Waals surface area (Å²) in [4.78, 5) is 11.8. The number of furan rings is 1. The number of rotatable bonds is 4. The Morgan fingerprint density at radius 2 is 2.54 bits per heavy atom. The van der Waals surface area contributed by atoms with E-state index in [-0.39, 0.29) is 5.91 Å². The molecule has 13 heavy (non-hydrogen) atoms. The third kappa shape index (κ3) is 3.12. The highest BCUT2D eigenvalue weighted by Crippen LogP contribution is 2.23. The number of hydrogen-bond donors (Lipinski definition) is 2. The second-order valence-corrected chi connectivity index (χ2v) is 3.64. The van der Waals surface area contributed by atoms with Crippen LogP contribution < -0.4 is 11.3 Å². The summed E-state index contributed by atoms with van der Waals surface area (Å²) in [6.45, 7) is 1.89. The predicted molar refractivity (Wildman–Crippen MR) is 51.1 cm³/mol. The summed E-state index contributed by atoms with van der Waals surface area (Å²) >= 11 is 1.59. The highest BCUT2D eigenvalue weighted by Gasteiger charge is 2.03. The van der Waals surface area contributed by atoms with Crippen LogP contribution in [-0.4, -0.2) is 11.7 Å². The quantitative estimate of drug-likeness (QED) is 0.330. The van der Waals surface area contributed by atoms with Gasteiger partial charge in [-0.1, -0.05) is 0 Å². The topological polar surface area (TPSA) is 68.3 Å². The molecular weight excluding hydrogens is 188 g/mol. The molecule has 0 saturated heterocycles. The minimum absolute atomic E-state index is 0.145. The van der Waals surface area contributed by atoms with Gasteiger partial charge >= 0.3 is 0 Å². The van der Waals surface area contributed by atoms with Gasteiger partial charge < -0.3 is 4.42 Å². The fourth-order valence-electron chi connectivity index (χ4n) is 0.849. The molecule has 4 nitrogen and oxygen atoms in total. The predicted octanol–water partition coefficient (Wildman–Crippen LogP) is 1.06. The third-order valence-corrected chi connectivity index (χ3v) is 2.70. The molecule has 72 valence electrons. The fraction of sp³-hybridized carbons (Fsp3) is 0.375. The molecule has 1 rings (SSSR count). The standard InChI is InChI=1S/C8H12N2O2S/c1-6-7(2-4-12-6)13-5-3-8(11)10-9/h2,4H,3,5,9H2,1H3,(H,10,11). The van der Waals surface area contributed by atoms with E-state index in [1.54, 1.807) is 18.0 Å². The van der Waals surface area contributed by atoms with E-state index in [2.05, 4.69) is 5.43 Å². The van der Waals surface area contributed by atoms with Crippen molar-refractivity contribution in [2.75, 3.05) is 5.75 Å². The molecule has 3 N–H and O–H groups in total. The van der Waals surface area contributed by atoms with Crippen molar-refractivity contribution in [1.82, 2.24) is 5.43 Å². The van der Waals surface area contributed by atoms with Gasteiger partial charge in [0.2, 0.25) is 5.91 Å². The van der Waals surface area contributed by atoms with Gasteiger partial charge in [0, 0.05) is 17.1 Å². The molecule has 1 aromatic heterocycles. The van der Waals surface area contributed by atoms with Gasteiger partial charge in [-0.2, -0.15) is 0 Å². The first-order chi connectivity index (χ1) is 6.24. The lowest BCUT2D eigenvalue weighted by Gasteiger charge is -1.98. The van der Waals surface area contributed by atoms with Gasteiger partial charge in [-0.15, -0.1) is 11.8 Å². The average molecular weight is 200 g/mol. The number of nitrogens with two attached hydrogens (primary N) is 1. The van der Waals surface area contributed by atoms with Crippen LogP contribution in [0.1, 0.15) is 12.2 Å². The first-order valence-corrected chi connectivity index (χ1v) is 4.89. The number of aryl methyl sites for hydroxylation is 1. The maximum absolute atomic E-state index is 10.8. The van der Waals surface area contributed by atoms with Gasteiger partial charge in [0.15, 0.2) is 0 Å². The first-order valence-electron chi connectivity index (χ1n) is 3.90. The maximum Gasteiger partial charge on any atom is 0.234 e. The molecule has 0 atom stereocenters. The molecule has 0 aliphatic carbocycles. The van der Waals surface area contributed by atoms with E-state index in [1.807, 2.05) is 13.0 Å². The van der Waals surface area contributed by atoms with Crippen LogP contribution in [0.5, 0.6) is 0 Å². The smallest absolute Gasteiger partial charge is 0.234 e. The van der Waals surface area contributed by atoms with Gasteiger partial charge in [0.05, 0.1) is 6.26 Å². The Balaban J connectivity index is 2.28. The van der Waals surface area contributed by atoms with Crippen molar-refractivity contribution in [3.05, 3.63) is 18.1 Å². The summed E-state index contributed by atoms with van der Waals surface area (Å²) in [6, 6.07) is 1.89. The molecule has 1 heterocycles. The van der Waals surface area contributed by atoms with Crippen molar-refractivity contribution in [3.8, 4) is 0 Å². The van der Waals surface area contributed by atoms with E-state index >= 15 is 0 Å². The number of carbonyl (C=O) groups excluding carboxylic acids is 1. The van der Waals surface area contributed by atoms with Crippen LogP contribution in [0.2, 0.25) is 0 Å². The number of nitrogens with one attached hydrogen (secondary N) is 1. The SMILES string of the molecule is Cc1occc1SCCC(=O)NN. The molecule has 0 radical (unpaired) electrons. The maximum atomic E-state index is 10.8. The largest absolute Gasteiger partial charge is 0.468 e. The number of amides is 1. The Bertz CT molecular complexity index is 285. The zero-order chi connectivity index (χ0) is 9.68. The Hall–Kier alpha value is -0.940. The lowest BCUT2D eigenvalue weighted by molar-refractivity contribution is -0.120. The molecule has 0 aliphatic heterocycles. The monoisotopic (exact) mass is 200 g/mol. The number of hydrazine groups is 1. The lowest BCUT2D eigenvalue weighted by Crippen LogP contribution is -2.30. The Kier molecular flexibility index (Phi) is 3.85. The van der Waals surface area contributed by atoms with Crippen LogP contribution in [0.25, 0.3) is 0 Å². The molecular formula is C8H12N2O2S. The molecule has 1 aromatic rings. The van der Waals surface area contributed by atoms with E-state index < -0.39 is 0 Å². The Labute approximate surface area is 80.8 Å². The highest BCUT2D eigenvalue weighted by molar-refractivity contribution is 7.99. The van der Waals surface area contributed by atoms with E-state index in [0.29, 0.717) is 12.2 Å². The third-order valence-electron chi connectivity index (χ3n) is 1.56. The second-order valence-electron chi connectivity index (χ2n) is 2.51. The summed E-state index contributed by atoms with van der Waals surface area (Å²) in [5.41, 5.74) is 2.08. The van der Waals surface area contributed by atoms with Crippen molar-refractivity contribution < 1.29 is 9.21 Å². The van der Waals surface area contributed by atoms with Crippen LogP contribution in [0, 0.1) is 6.92 Å². The van der Waals surface area contributed by atoms with Crippen molar-refractivity contribution in [3.63, 3.8) is 0 Å². The summed E-state index contributed by atoms with van der Waals surface area (Å²) in [6.07, 6.45) is 2.06. The van der Waals surface area contributed by atoms with Gasteiger partial charge in [-0.3, -0.25) is 10.2 Å². The van der Waals surface area contributed by atoms with Crippen LogP contribution in [-0.2, 0) is 4.79 Å². The highest BCUT2D eigenvalue weighted by atomic mass is 32.2. The molecule has 0 aromatic carbocycles. The van der Waals surface area contributed by atoms with E-state index in [9.17, 15) is 4.79 Å².